The Morgan fingerprint density at radius 2 is 2.00 bits per heavy atom. The highest BCUT2D eigenvalue weighted by atomic mass is 35.5. The standard InChI is InChI=1S/C18H20ClNO/c1-21-17-8-7-15(19)12-16(17)18-14(9-10-20-18)11-13-5-3-2-4-6-13/h2-8,12,14,18,20H,9-11H2,1H3. The molecule has 2 aromatic rings. The fourth-order valence-corrected chi connectivity index (χ4v) is 3.39. The van der Waals surface area contributed by atoms with Gasteiger partial charge in [-0.1, -0.05) is 41.9 Å². The van der Waals surface area contributed by atoms with Crippen molar-refractivity contribution in [2.45, 2.75) is 18.9 Å². The predicted molar refractivity (Wildman–Crippen MR) is 87.0 cm³/mol. The Morgan fingerprint density at radius 3 is 2.76 bits per heavy atom. The number of methoxy groups -OCH3 is 1. The number of halogens is 1. The molecule has 0 amide bonds. The van der Waals surface area contributed by atoms with Crippen molar-refractivity contribution in [2.24, 2.45) is 5.92 Å². The molecule has 2 unspecified atom stereocenters. The van der Waals surface area contributed by atoms with Crippen LogP contribution >= 0.6 is 11.6 Å². The molecular formula is C18H20ClNO. The Morgan fingerprint density at radius 1 is 1.19 bits per heavy atom. The molecule has 0 radical (unpaired) electrons. The maximum Gasteiger partial charge on any atom is 0.123 e. The smallest absolute Gasteiger partial charge is 0.123 e. The lowest BCUT2D eigenvalue weighted by atomic mass is 9.88. The largest absolute Gasteiger partial charge is 0.496 e. The molecule has 1 N–H and O–H groups in total. The lowest BCUT2D eigenvalue weighted by Crippen LogP contribution is -2.20. The molecule has 21 heavy (non-hydrogen) atoms. The molecule has 110 valence electrons. The molecule has 2 aromatic carbocycles. The molecule has 0 saturated carbocycles. The quantitative estimate of drug-likeness (QED) is 0.912. The van der Waals surface area contributed by atoms with Crippen molar-refractivity contribution in [1.82, 2.24) is 5.32 Å². The third kappa shape index (κ3) is 3.22. The summed E-state index contributed by atoms with van der Waals surface area (Å²) in [5, 5.41) is 4.37. The lowest BCUT2D eigenvalue weighted by Gasteiger charge is -2.22. The second-order valence-electron chi connectivity index (χ2n) is 5.56. The summed E-state index contributed by atoms with van der Waals surface area (Å²) in [7, 11) is 1.72. The van der Waals surface area contributed by atoms with E-state index in [0.717, 1.165) is 23.7 Å². The maximum atomic E-state index is 6.18. The van der Waals surface area contributed by atoms with Crippen LogP contribution in [0, 0.1) is 5.92 Å². The summed E-state index contributed by atoms with van der Waals surface area (Å²) >= 11 is 6.18. The molecule has 1 aliphatic heterocycles. The van der Waals surface area contributed by atoms with Crippen molar-refractivity contribution >= 4 is 11.6 Å². The van der Waals surface area contributed by atoms with E-state index in [2.05, 4.69) is 35.6 Å². The average molecular weight is 302 g/mol. The zero-order valence-corrected chi connectivity index (χ0v) is 12.9. The lowest BCUT2D eigenvalue weighted by molar-refractivity contribution is 0.388. The first-order chi connectivity index (χ1) is 10.3. The Bertz CT molecular complexity index is 599. The van der Waals surface area contributed by atoms with Gasteiger partial charge in [0.05, 0.1) is 7.11 Å². The molecule has 2 nitrogen and oxygen atoms in total. The average Bonchev–Trinajstić information content (AvgIpc) is 2.96. The zero-order valence-electron chi connectivity index (χ0n) is 12.2. The van der Waals surface area contributed by atoms with Crippen molar-refractivity contribution in [3.05, 3.63) is 64.7 Å². The molecular weight excluding hydrogens is 282 g/mol. The first-order valence-electron chi connectivity index (χ1n) is 7.38. The highest BCUT2D eigenvalue weighted by Crippen LogP contribution is 2.38. The van der Waals surface area contributed by atoms with Gasteiger partial charge in [-0.25, -0.2) is 0 Å². The van der Waals surface area contributed by atoms with E-state index in [4.69, 9.17) is 16.3 Å². The summed E-state index contributed by atoms with van der Waals surface area (Å²) in [5.41, 5.74) is 2.56. The molecule has 1 heterocycles. The minimum absolute atomic E-state index is 0.304. The van der Waals surface area contributed by atoms with Gasteiger partial charge in [0.2, 0.25) is 0 Å². The van der Waals surface area contributed by atoms with Crippen molar-refractivity contribution in [1.29, 1.82) is 0 Å². The van der Waals surface area contributed by atoms with Gasteiger partial charge in [0.15, 0.2) is 0 Å². The predicted octanol–water partition coefficient (Wildman–Crippen LogP) is 4.24. The van der Waals surface area contributed by atoms with Crippen LogP contribution in [0.2, 0.25) is 5.02 Å². The molecule has 3 rings (SSSR count). The minimum Gasteiger partial charge on any atom is -0.496 e. The van der Waals surface area contributed by atoms with E-state index >= 15 is 0 Å². The summed E-state index contributed by atoms with van der Waals surface area (Å²) in [4.78, 5) is 0. The van der Waals surface area contributed by atoms with Crippen LogP contribution in [0.4, 0.5) is 0 Å². The van der Waals surface area contributed by atoms with Crippen molar-refractivity contribution in [3.8, 4) is 5.75 Å². The number of ether oxygens (including phenoxy) is 1. The molecule has 0 aliphatic carbocycles. The van der Waals surface area contributed by atoms with Crippen molar-refractivity contribution in [2.75, 3.05) is 13.7 Å². The fourth-order valence-electron chi connectivity index (χ4n) is 3.21. The monoisotopic (exact) mass is 301 g/mol. The number of nitrogens with one attached hydrogen (secondary N) is 1. The topological polar surface area (TPSA) is 21.3 Å². The minimum atomic E-state index is 0.304. The van der Waals surface area contributed by atoms with Gasteiger partial charge in [-0.05, 0) is 49.1 Å². The van der Waals surface area contributed by atoms with Gasteiger partial charge >= 0.3 is 0 Å². The van der Waals surface area contributed by atoms with Crippen LogP contribution < -0.4 is 10.1 Å². The van der Waals surface area contributed by atoms with Crippen LogP contribution in [0.15, 0.2) is 48.5 Å². The molecule has 2 atom stereocenters. The van der Waals surface area contributed by atoms with Gasteiger partial charge in [0.1, 0.15) is 5.75 Å². The summed E-state index contributed by atoms with van der Waals surface area (Å²) in [6.07, 6.45) is 2.25. The van der Waals surface area contributed by atoms with Gasteiger partial charge in [-0.15, -0.1) is 0 Å². The van der Waals surface area contributed by atoms with Crippen LogP contribution in [-0.2, 0) is 6.42 Å². The number of rotatable bonds is 4. The normalized spacial score (nSPS) is 21.4. The van der Waals surface area contributed by atoms with Crippen molar-refractivity contribution in [3.63, 3.8) is 0 Å². The van der Waals surface area contributed by atoms with E-state index < -0.39 is 0 Å². The van der Waals surface area contributed by atoms with Gasteiger partial charge in [0, 0.05) is 16.6 Å². The van der Waals surface area contributed by atoms with Crippen LogP contribution in [0.5, 0.6) is 5.75 Å². The zero-order chi connectivity index (χ0) is 14.7. The van der Waals surface area contributed by atoms with E-state index in [1.807, 2.05) is 18.2 Å². The Hall–Kier alpha value is -1.51. The Kier molecular flexibility index (Phi) is 4.47. The second kappa shape index (κ2) is 6.50. The van der Waals surface area contributed by atoms with E-state index in [0.29, 0.717) is 12.0 Å². The van der Waals surface area contributed by atoms with Crippen molar-refractivity contribution < 1.29 is 4.74 Å². The fraction of sp³-hybridized carbons (Fsp3) is 0.333. The van der Waals surface area contributed by atoms with Crippen LogP contribution in [0.3, 0.4) is 0 Å². The Labute approximate surface area is 131 Å². The van der Waals surface area contributed by atoms with Gasteiger partial charge in [0.25, 0.3) is 0 Å². The molecule has 3 heteroatoms. The highest BCUT2D eigenvalue weighted by Gasteiger charge is 2.30. The first-order valence-corrected chi connectivity index (χ1v) is 7.76. The van der Waals surface area contributed by atoms with Gasteiger partial charge < -0.3 is 10.1 Å². The Balaban J connectivity index is 1.85. The van der Waals surface area contributed by atoms with Crippen LogP contribution in [0.25, 0.3) is 0 Å². The van der Waals surface area contributed by atoms with Gasteiger partial charge in [-0.2, -0.15) is 0 Å². The van der Waals surface area contributed by atoms with Crippen LogP contribution in [0.1, 0.15) is 23.6 Å². The number of hydrogen-bond donors (Lipinski definition) is 1. The molecule has 0 aromatic heterocycles. The molecule has 0 bridgehead atoms. The van der Waals surface area contributed by atoms with E-state index in [1.165, 1.54) is 17.5 Å². The van der Waals surface area contributed by atoms with E-state index in [-0.39, 0.29) is 0 Å². The molecule has 0 spiro atoms. The van der Waals surface area contributed by atoms with E-state index in [1.54, 1.807) is 7.11 Å². The highest BCUT2D eigenvalue weighted by molar-refractivity contribution is 6.30. The summed E-state index contributed by atoms with van der Waals surface area (Å²) < 4.78 is 5.51. The third-order valence-electron chi connectivity index (χ3n) is 4.22. The van der Waals surface area contributed by atoms with E-state index in [9.17, 15) is 0 Å². The summed E-state index contributed by atoms with van der Waals surface area (Å²) in [6, 6.07) is 16.8. The molecule has 1 fully saturated rings. The second-order valence-corrected chi connectivity index (χ2v) is 5.99. The molecule has 1 aliphatic rings. The van der Waals surface area contributed by atoms with Crippen LogP contribution in [-0.4, -0.2) is 13.7 Å². The molecule has 1 saturated heterocycles. The maximum absolute atomic E-state index is 6.18. The number of benzene rings is 2. The van der Waals surface area contributed by atoms with Gasteiger partial charge in [-0.3, -0.25) is 0 Å². The SMILES string of the molecule is COc1ccc(Cl)cc1C1NCCC1Cc1ccccc1. The number of hydrogen-bond acceptors (Lipinski definition) is 2. The third-order valence-corrected chi connectivity index (χ3v) is 4.45. The summed E-state index contributed by atoms with van der Waals surface area (Å²) in [5.74, 6) is 1.48. The summed E-state index contributed by atoms with van der Waals surface area (Å²) in [6.45, 7) is 1.04. The first kappa shape index (κ1) is 14.4.